The predicted molar refractivity (Wildman–Crippen MR) is 39.4 cm³/mol. The predicted octanol–water partition coefficient (Wildman–Crippen LogP) is 1.63. The maximum Gasteiger partial charge on any atom is 0.444 e. The van der Waals surface area contributed by atoms with Gasteiger partial charge in [-0.15, -0.1) is 0 Å². The molecule has 0 saturated heterocycles. The zero-order valence-electron chi connectivity index (χ0n) is 4.91. The largest absolute Gasteiger partial charge is 0.629 e. The van der Waals surface area contributed by atoms with Crippen LogP contribution >= 0.6 is 15.9 Å². The molecule has 1 rings (SSSR count). The number of halogens is 1. The molecule has 4 heteroatoms. The molecule has 0 saturated carbocycles. The van der Waals surface area contributed by atoms with Gasteiger partial charge in [-0.2, -0.15) is 9.58 Å². The van der Waals surface area contributed by atoms with Gasteiger partial charge in [0.25, 0.3) is 0 Å². The third kappa shape index (κ3) is 1.09. The summed E-state index contributed by atoms with van der Waals surface area (Å²) >= 11 is 3.07. The summed E-state index contributed by atoms with van der Waals surface area (Å²) < 4.78 is 1.05. The molecule has 3 nitrogen and oxygen atoms in total. The van der Waals surface area contributed by atoms with Gasteiger partial charge >= 0.3 is 5.82 Å². The molecule has 0 aromatic carbocycles. The molecular formula is C6H3BrN2O. The minimum atomic E-state index is 0.0718. The fourth-order valence-electron chi connectivity index (χ4n) is 0.559. The van der Waals surface area contributed by atoms with Crippen LogP contribution in [0.25, 0.3) is 4.85 Å². The summed E-state index contributed by atoms with van der Waals surface area (Å²) in [7, 11) is 0. The number of nitrogens with zero attached hydrogens (tertiary/aromatic N) is 2. The molecule has 0 aliphatic rings. The van der Waals surface area contributed by atoms with Crippen LogP contribution in [0.15, 0.2) is 22.8 Å². The van der Waals surface area contributed by atoms with Crippen molar-refractivity contribution in [2.24, 2.45) is 0 Å². The van der Waals surface area contributed by atoms with Gasteiger partial charge in [0.05, 0.1) is 4.47 Å². The van der Waals surface area contributed by atoms with Crippen LogP contribution in [0.3, 0.4) is 0 Å². The molecular weight excluding hydrogens is 196 g/mol. The van der Waals surface area contributed by atoms with Gasteiger partial charge in [0.15, 0.2) is 6.20 Å². The molecule has 1 aromatic heterocycles. The Morgan fingerprint density at radius 1 is 1.70 bits per heavy atom. The average Bonchev–Trinajstić information content (AvgIpc) is 1.88. The quantitative estimate of drug-likeness (QED) is 0.355. The Balaban J connectivity index is 3.34. The van der Waals surface area contributed by atoms with Crippen LogP contribution in [0, 0.1) is 11.8 Å². The van der Waals surface area contributed by atoms with E-state index in [1.54, 1.807) is 12.1 Å². The molecule has 0 aliphatic heterocycles. The van der Waals surface area contributed by atoms with E-state index in [-0.39, 0.29) is 5.82 Å². The van der Waals surface area contributed by atoms with E-state index in [2.05, 4.69) is 20.8 Å². The third-order valence-corrected chi connectivity index (χ3v) is 1.61. The minimum absolute atomic E-state index is 0.0718. The molecule has 10 heavy (non-hydrogen) atoms. The highest BCUT2D eigenvalue weighted by Gasteiger charge is 2.07. The van der Waals surface area contributed by atoms with Crippen LogP contribution in [0.1, 0.15) is 0 Å². The van der Waals surface area contributed by atoms with E-state index in [9.17, 15) is 5.21 Å². The van der Waals surface area contributed by atoms with Crippen LogP contribution < -0.4 is 4.73 Å². The zero-order chi connectivity index (χ0) is 7.56. The van der Waals surface area contributed by atoms with E-state index in [0.717, 1.165) is 0 Å². The Hall–Kier alpha value is -1.08. The molecule has 0 radical (unpaired) electrons. The second kappa shape index (κ2) is 2.67. The van der Waals surface area contributed by atoms with Gasteiger partial charge in [-0.1, -0.05) is 15.9 Å². The Bertz CT molecular complexity index is 272. The van der Waals surface area contributed by atoms with Crippen molar-refractivity contribution in [2.75, 3.05) is 0 Å². The van der Waals surface area contributed by atoms with Crippen molar-refractivity contribution >= 4 is 21.7 Å². The molecule has 0 amide bonds. The standard InChI is InChI=1S/C6H3BrN2O/c1-8-6-5(7)3-2-4-9(6)10/h2-4H. The van der Waals surface area contributed by atoms with Crippen molar-refractivity contribution in [2.45, 2.75) is 0 Å². The van der Waals surface area contributed by atoms with Crippen LogP contribution in [-0.2, 0) is 0 Å². The van der Waals surface area contributed by atoms with Gasteiger partial charge < -0.3 is 5.21 Å². The zero-order valence-corrected chi connectivity index (χ0v) is 6.50. The van der Waals surface area contributed by atoms with Crippen molar-refractivity contribution in [3.05, 3.63) is 39.4 Å². The SMILES string of the molecule is [C-]#[N+]c1c(Br)ccc[n+]1[O-]. The normalized spacial score (nSPS) is 8.80. The number of rotatable bonds is 0. The van der Waals surface area contributed by atoms with Crippen molar-refractivity contribution in [1.82, 2.24) is 0 Å². The highest BCUT2D eigenvalue weighted by Crippen LogP contribution is 2.18. The highest BCUT2D eigenvalue weighted by atomic mass is 79.9. The molecule has 1 heterocycles. The van der Waals surface area contributed by atoms with Gasteiger partial charge in [0, 0.05) is 6.07 Å². The average molecular weight is 199 g/mol. The summed E-state index contributed by atoms with van der Waals surface area (Å²) in [5.74, 6) is 0.0718. The van der Waals surface area contributed by atoms with E-state index in [0.29, 0.717) is 9.20 Å². The number of hydrogen-bond donors (Lipinski definition) is 0. The minimum Gasteiger partial charge on any atom is -0.629 e. The van der Waals surface area contributed by atoms with E-state index < -0.39 is 0 Å². The molecule has 0 bridgehead atoms. The highest BCUT2D eigenvalue weighted by molar-refractivity contribution is 9.10. The first-order valence-corrected chi connectivity index (χ1v) is 3.30. The molecule has 0 fully saturated rings. The van der Waals surface area contributed by atoms with E-state index >= 15 is 0 Å². The first kappa shape index (κ1) is 7.03. The van der Waals surface area contributed by atoms with Gasteiger partial charge in [-0.3, -0.25) is 0 Å². The summed E-state index contributed by atoms with van der Waals surface area (Å²) in [6, 6.07) is 3.23. The van der Waals surface area contributed by atoms with E-state index in [4.69, 9.17) is 6.57 Å². The van der Waals surface area contributed by atoms with Crippen molar-refractivity contribution in [3.8, 4) is 0 Å². The van der Waals surface area contributed by atoms with E-state index in [1.165, 1.54) is 6.20 Å². The summed E-state index contributed by atoms with van der Waals surface area (Å²) in [5, 5.41) is 10.7. The van der Waals surface area contributed by atoms with Gasteiger partial charge in [0.1, 0.15) is 6.57 Å². The second-order valence-corrected chi connectivity index (χ2v) is 2.47. The lowest BCUT2D eigenvalue weighted by molar-refractivity contribution is -0.589. The Kier molecular flexibility index (Phi) is 1.88. The molecule has 1 aromatic rings. The van der Waals surface area contributed by atoms with Crippen LogP contribution in [0.5, 0.6) is 0 Å². The van der Waals surface area contributed by atoms with Crippen LogP contribution in [0.4, 0.5) is 5.82 Å². The molecule has 0 N–H and O–H groups in total. The van der Waals surface area contributed by atoms with Crippen LogP contribution in [0.2, 0.25) is 0 Å². The topological polar surface area (TPSA) is 31.3 Å². The summed E-state index contributed by atoms with van der Waals surface area (Å²) in [4.78, 5) is 3.02. The lowest BCUT2D eigenvalue weighted by Crippen LogP contribution is -2.24. The first-order chi connectivity index (χ1) is 4.75. The second-order valence-electron chi connectivity index (χ2n) is 1.62. The third-order valence-electron chi connectivity index (χ3n) is 0.992. The summed E-state index contributed by atoms with van der Waals surface area (Å²) in [5.41, 5.74) is 0. The molecule has 0 aliphatic carbocycles. The van der Waals surface area contributed by atoms with Crippen molar-refractivity contribution < 1.29 is 4.73 Å². The first-order valence-electron chi connectivity index (χ1n) is 2.51. The molecule has 0 spiro atoms. The lowest BCUT2D eigenvalue weighted by Gasteiger charge is -1.97. The Morgan fingerprint density at radius 2 is 2.40 bits per heavy atom. The number of pyridine rings is 1. The Morgan fingerprint density at radius 3 is 2.80 bits per heavy atom. The maximum atomic E-state index is 10.7. The Labute approximate surface area is 66.4 Å². The fraction of sp³-hybridized carbons (Fsp3) is 0. The van der Waals surface area contributed by atoms with Gasteiger partial charge in [-0.05, 0) is 6.07 Å². The molecule has 0 atom stereocenters. The van der Waals surface area contributed by atoms with Gasteiger partial charge in [0.2, 0.25) is 0 Å². The molecule has 0 unspecified atom stereocenters. The lowest BCUT2D eigenvalue weighted by atomic mass is 10.5. The monoisotopic (exact) mass is 198 g/mol. The number of aromatic nitrogens is 1. The molecule has 50 valence electrons. The van der Waals surface area contributed by atoms with E-state index in [1.807, 2.05) is 0 Å². The van der Waals surface area contributed by atoms with Gasteiger partial charge in [-0.25, -0.2) is 0 Å². The smallest absolute Gasteiger partial charge is 0.444 e. The maximum absolute atomic E-state index is 10.7. The van der Waals surface area contributed by atoms with Crippen molar-refractivity contribution in [3.63, 3.8) is 0 Å². The summed E-state index contributed by atoms with van der Waals surface area (Å²) in [6.45, 7) is 6.60. The van der Waals surface area contributed by atoms with Crippen LogP contribution in [-0.4, -0.2) is 0 Å². The van der Waals surface area contributed by atoms with Crippen molar-refractivity contribution in [1.29, 1.82) is 0 Å². The fourth-order valence-corrected chi connectivity index (χ4v) is 0.975. The number of hydrogen-bond acceptors (Lipinski definition) is 1. The summed E-state index contributed by atoms with van der Waals surface area (Å²) in [6.07, 6.45) is 1.29.